The molecule has 1 aromatic rings. The lowest BCUT2D eigenvalue weighted by molar-refractivity contribution is 0.0446. The molecule has 0 N–H and O–H groups in total. The largest absolute Gasteiger partial charge is 0.378 e. The van der Waals surface area contributed by atoms with Gasteiger partial charge in [-0.2, -0.15) is 0 Å². The van der Waals surface area contributed by atoms with Gasteiger partial charge in [-0.25, -0.2) is 0 Å². The molecule has 1 aliphatic carbocycles. The molecule has 2 rings (SSSR count). The molecule has 0 saturated carbocycles. The summed E-state index contributed by atoms with van der Waals surface area (Å²) in [6, 6.07) is 7.12. The third-order valence-corrected chi connectivity index (χ3v) is 4.08. The molecule has 1 unspecified atom stereocenters. The number of hydrogen-bond donors (Lipinski definition) is 0. The zero-order chi connectivity index (χ0) is 13.5. The van der Waals surface area contributed by atoms with Crippen molar-refractivity contribution in [2.45, 2.75) is 71.3 Å². The average Bonchev–Trinajstić information content (AvgIpc) is 2.45. The maximum atomic E-state index is 5.90. The summed E-state index contributed by atoms with van der Waals surface area (Å²) in [7, 11) is 0. The van der Waals surface area contributed by atoms with Crippen LogP contribution in [0.15, 0.2) is 18.2 Å². The van der Waals surface area contributed by atoms with Crippen molar-refractivity contribution >= 4 is 0 Å². The van der Waals surface area contributed by atoms with Gasteiger partial charge in [0.25, 0.3) is 0 Å². The van der Waals surface area contributed by atoms with Crippen molar-refractivity contribution < 1.29 is 4.74 Å². The molecule has 0 bridgehead atoms. The van der Waals surface area contributed by atoms with Gasteiger partial charge in [0.1, 0.15) is 0 Å². The molecule has 0 fully saturated rings. The van der Waals surface area contributed by atoms with E-state index in [0.717, 1.165) is 19.4 Å². The minimum Gasteiger partial charge on any atom is -0.378 e. The molecule has 0 saturated heterocycles. The Morgan fingerprint density at radius 2 is 2.00 bits per heavy atom. The number of fused-ring (bicyclic) bond motifs is 1. The highest BCUT2D eigenvalue weighted by Gasteiger charge is 2.18. The fourth-order valence-corrected chi connectivity index (χ4v) is 2.94. The molecule has 0 amide bonds. The van der Waals surface area contributed by atoms with Crippen molar-refractivity contribution in [2.24, 2.45) is 0 Å². The zero-order valence-corrected chi connectivity index (χ0v) is 12.6. The molecule has 1 aromatic carbocycles. The highest BCUT2D eigenvalue weighted by atomic mass is 16.5. The van der Waals surface area contributed by atoms with E-state index in [1.807, 2.05) is 0 Å². The second-order valence-electron chi connectivity index (χ2n) is 5.80. The molecule has 19 heavy (non-hydrogen) atoms. The van der Waals surface area contributed by atoms with E-state index in [1.165, 1.54) is 49.7 Å². The minimum atomic E-state index is 0.457. The highest BCUT2D eigenvalue weighted by Crippen LogP contribution is 2.25. The van der Waals surface area contributed by atoms with Gasteiger partial charge in [-0.05, 0) is 55.2 Å². The predicted octanol–water partition coefficient (Wildman–Crippen LogP) is 4.70. The lowest BCUT2D eigenvalue weighted by Crippen LogP contribution is -2.23. The third-order valence-electron chi connectivity index (χ3n) is 4.08. The van der Waals surface area contributed by atoms with Gasteiger partial charge in [0.2, 0.25) is 0 Å². The van der Waals surface area contributed by atoms with Crippen LogP contribution in [-0.4, -0.2) is 12.7 Å². The summed E-state index contributed by atoms with van der Waals surface area (Å²) in [4.78, 5) is 0. The topological polar surface area (TPSA) is 9.23 Å². The van der Waals surface area contributed by atoms with Crippen molar-refractivity contribution in [3.05, 3.63) is 34.9 Å². The average molecular weight is 260 g/mol. The second-order valence-corrected chi connectivity index (χ2v) is 5.80. The van der Waals surface area contributed by atoms with Gasteiger partial charge in [-0.3, -0.25) is 0 Å². The molecule has 1 nitrogen and oxygen atoms in total. The monoisotopic (exact) mass is 260 g/mol. The van der Waals surface area contributed by atoms with Gasteiger partial charge in [0, 0.05) is 6.61 Å². The molecule has 0 aliphatic heterocycles. The van der Waals surface area contributed by atoms with Gasteiger partial charge in [0.05, 0.1) is 6.10 Å². The van der Waals surface area contributed by atoms with Crippen LogP contribution in [0.4, 0.5) is 0 Å². The summed E-state index contributed by atoms with van der Waals surface area (Å²) >= 11 is 0. The number of aryl methyl sites for hydroxylation is 2. The normalized spacial score (nSPS) is 18.3. The summed E-state index contributed by atoms with van der Waals surface area (Å²) < 4.78 is 5.90. The van der Waals surface area contributed by atoms with Gasteiger partial charge >= 0.3 is 0 Å². The van der Waals surface area contributed by atoms with E-state index in [9.17, 15) is 0 Å². The molecule has 1 heteroatoms. The summed E-state index contributed by atoms with van der Waals surface area (Å²) in [5, 5.41) is 0. The standard InChI is InChI=1S/C18H28O/c1-3-5-6-7-15-8-9-17-14-18(19-12-4-2)11-10-16(17)13-15/h8-9,13,18H,3-7,10-12,14H2,1-2H3. The van der Waals surface area contributed by atoms with Crippen molar-refractivity contribution in [3.8, 4) is 0 Å². The number of hydrogen-bond acceptors (Lipinski definition) is 1. The molecule has 106 valence electrons. The maximum Gasteiger partial charge on any atom is 0.0618 e. The molecular formula is C18H28O. The van der Waals surface area contributed by atoms with E-state index in [2.05, 4.69) is 32.0 Å². The van der Waals surface area contributed by atoms with Gasteiger partial charge < -0.3 is 4.74 Å². The molecule has 0 radical (unpaired) electrons. The summed E-state index contributed by atoms with van der Waals surface area (Å²) in [6.45, 7) is 5.36. The quantitative estimate of drug-likeness (QED) is 0.645. The Bertz CT molecular complexity index is 383. The van der Waals surface area contributed by atoms with Crippen LogP contribution in [0.3, 0.4) is 0 Å². The Kier molecular flexibility index (Phi) is 5.91. The number of ether oxygens (including phenoxy) is 1. The minimum absolute atomic E-state index is 0.457. The van der Waals surface area contributed by atoms with Crippen LogP contribution >= 0.6 is 0 Å². The van der Waals surface area contributed by atoms with Crippen LogP contribution in [-0.2, 0) is 24.0 Å². The third kappa shape index (κ3) is 4.35. The molecule has 0 aromatic heterocycles. The summed E-state index contributed by atoms with van der Waals surface area (Å²) in [5.74, 6) is 0. The lowest BCUT2D eigenvalue weighted by atomic mass is 9.88. The fourth-order valence-electron chi connectivity index (χ4n) is 2.94. The van der Waals surface area contributed by atoms with Crippen LogP contribution < -0.4 is 0 Å². The van der Waals surface area contributed by atoms with Crippen LogP contribution in [0.1, 0.15) is 62.6 Å². The number of benzene rings is 1. The fraction of sp³-hybridized carbons (Fsp3) is 0.667. The van der Waals surface area contributed by atoms with Crippen LogP contribution in [0.25, 0.3) is 0 Å². The molecular weight excluding hydrogens is 232 g/mol. The lowest BCUT2D eigenvalue weighted by Gasteiger charge is -2.25. The Balaban J connectivity index is 1.92. The predicted molar refractivity (Wildman–Crippen MR) is 81.7 cm³/mol. The van der Waals surface area contributed by atoms with Crippen LogP contribution in [0.2, 0.25) is 0 Å². The van der Waals surface area contributed by atoms with E-state index >= 15 is 0 Å². The second kappa shape index (κ2) is 7.69. The Labute approximate surface area is 118 Å². The first-order valence-electron chi connectivity index (χ1n) is 8.05. The first kappa shape index (κ1) is 14.6. The first-order chi connectivity index (χ1) is 9.33. The van der Waals surface area contributed by atoms with E-state index in [1.54, 1.807) is 5.56 Å². The zero-order valence-electron chi connectivity index (χ0n) is 12.6. The molecule has 0 heterocycles. The SMILES string of the molecule is CCCCCc1ccc2c(c1)CCC(OCCC)C2. The van der Waals surface area contributed by atoms with Crippen molar-refractivity contribution in [1.82, 2.24) is 0 Å². The Hall–Kier alpha value is -0.820. The van der Waals surface area contributed by atoms with E-state index < -0.39 is 0 Å². The van der Waals surface area contributed by atoms with Crippen molar-refractivity contribution in [1.29, 1.82) is 0 Å². The Morgan fingerprint density at radius 1 is 1.11 bits per heavy atom. The van der Waals surface area contributed by atoms with Gasteiger partial charge in [-0.15, -0.1) is 0 Å². The highest BCUT2D eigenvalue weighted by molar-refractivity contribution is 5.34. The number of unbranched alkanes of at least 4 members (excludes halogenated alkanes) is 2. The van der Waals surface area contributed by atoms with Crippen molar-refractivity contribution in [2.75, 3.05) is 6.61 Å². The van der Waals surface area contributed by atoms with E-state index in [4.69, 9.17) is 4.74 Å². The molecule has 0 spiro atoms. The summed E-state index contributed by atoms with van der Waals surface area (Å²) in [5.41, 5.74) is 4.62. The maximum absolute atomic E-state index is 5.90. The van der Waals surface area contributed by atoms with E-state index in [-0.39, 0.29) is 0 Å². The summed E-state index contributed by atoms with van der Waals surface area (Å²) in [6.07, 6.45) is 10.3. The first-order valence-corrected chi connectivity index (χ1v) is 8.05. The van der Waals surface area contributed by atoms with Crippen molar-refractivity contribution in [3.63, 3.8) is 0 Å². The molecule has 1 aliphatic rings. The van der Waals surface area contributed by atoms with Gasteiger partial charge in [0.15, 0.2) is 0 Å². The van der Waals surface area contributed by atoms with Crippen LogP contribution in [0.5, 0.6) is 0 Å². The Morgan fingerprint density at radius 3 is 2.79 bits per heavy atom. The van der Waals surface area contributed by atoms with Gasteiger partial charge in [-0.1, -0.05) is 44.9 Å². The van der Waals surface area contributed by atoms with Crippen LogP contribution in [0, 0.1) is 0 Å². The number of rotatable bonds is 7. The van der Waals surface area contributed by atoms with E-state index in [0.29, 0.717) is 6.10 Å². The smallest absolute Gasteiger partial charge is 0.0618 e. The molecule has 1 atom stereocenters.